The summed E-state index contributed by atoms with van der Waals surface area (Å²) in [4.78, 5) is 24.0. The number of pyridine rings is 1. The highest BCUT2D eigenvalue weighted by Gasteiger charge is 2.19. The second kappa shape index (κ2) is 7.17. The molecule has 1 fully saturated rings. The summed E-state index contributed by atoms with van der Waals surface area (Å²) in [6.07, 6.45) is 3.30. The van der Waals surface area contributed by atoms with Crippen LogP contribution in [0.15, 0.2) is 41.5 Å². The van der Waals surface area contributed by atoms with E-state index in [1.54, 1.807) is 16.8 Å². The molecule has 5 rings (SSSR count). The maximum absolute atomic E-state index is 13.7. The average molecular weight is 407 g/mol. The van der Waals surface area contributed by atoms with Crippen LogP contribution in [0.5, 0.6) is 0 Å². The van der Waals surface area contributed by atoms with Gasteiger partial charge in [0.1, 0.15) is 11.3 Å². The number of nitrogens with zero attached hydrogens (tertiary/aromatic N) is 6. The first-order valence-electron chi connectivity index (χ1n) is 10.0. The van der Waals surface area contributed by atoms with E-state index >= 15 is 0 Å². The Morgan fingerprint density at radius 2 is 2.07 bits per heavy atom. The van der Waals surface area contributed by atoms with Crippen LogP contribution in [0.1, 0.15) is 18.3 Å². The highest BCUT2D eigenvalue weighted by atomic mass is 19.1. The number of hydrogen-bond acceptors (Lipinski definition) is 6. The van der Waals surface area contributed by atoms with Gasteiger partial charge in [0.2, 0.25) is 0 Å². The van der Waals surface area contributed by atoms with Crippen molar-refractivity contribution in [2.24, 2.45) is 0 Å². The van der Waals surface area contributed by atoms with Crippen molar-refractivity contribution in [3.63, 3.8) is 0 Å². The highest BCUT2D eigenvalue weighted by Crippen LogP contribution is 2.21. The Morgan fingerprint density at radius 3 is 2.87 bits per heavy atom. The van der Waals surface area contributed by atoms with Crippen LogP contribution < -0.4 is 15.8 Å². The van der Waals surface area contributed by atoms with E-state index in [2.05, 4.69) is 27.3 Å². The van der Waals surface area contributed by atoms with Gasteiger partial charge in [0.15, 0.2) is 6.30 Å². The van der Waals surface area contributed by atoms with Crippen LogP contribution >= 0.6 is 0 Å². The van der Waals surface area contributed by atoms with Gasteiger partial charge in [-0.15, -0.1) is 0 Å². The fraction of sp³-hybridized carbons (Fsp3) is 0.333. The van der Waals surface area contributed by atoms with E-state index in [1.807, 2.05) is 30.2 Å². The minimum atomic E-state index is -1.08. The summed E-state index contributed by atoms with van der Waals surface area (Å²) in [5.74, 6) is 0. The normalized spacial score (nSPS) is 17.2. The SMILES string of the molecule is CCc1nc(C)cn2nc(-c3cc(=O)n4cc(N5CCNC(F)C5)ccc4n3)cc12. The second-order valence-electron chi connectivity index (χ2n) is 7.50. The van der Waals surface area contributed by atoms with Crippen molar-refractivity contribution in [1.29, 1.82) is 0 Å². The zero-order valence-corrected chi connectivity index (χ0v) is 16.8. The lowest BCUT2D eigenvalue weighted by atomic mass is 10.2. The molecule has 1 aliphatic heterocycles. The van der Waals surface area contributed by atoms with Crippen LogP contribution in [-0.4, -0.2) is 49.9 Å². The monoisotopic (exact) mass is 407 g/mol. The second-order valence-corrected chi connectivity index (χ2v) is 7.50. The first-order valence-corrected chi connectivity index (χ1v) is 10.0. The number of aryl methyl sites for hydroxylation is 2. The first-order chi connectivity index (χ1) is 14.5. The number of aromatic nitrogens is 5. The molecule has 1 aliphatic rings. The Labute approximate surface area is 172 Å². The molecule has 1 unspecified atom stereocenters. The summed E-state index contributed by atoms with van der Waals surface area (Å²) >= 11 is 0. The van der Waals surface area contributed by atoms with Gasteiger partial charge in [-0.1, -0.05) is 6.92 Å². The summed E-state index contributed by atoms with van der Waals surface area (Å²) in [6, 6.07) is 7.06. The molecule has 0 saturated carbocycles. The fourth-order valence-corrected chi connectivity index (χ4v) is 3.92. The number of rotatable bonds is 3. The van der Waals surface area contributed by atoms with Crippen LogP contribution in [0.3, 0.4) is 0 Å². The van der Waals surface area contributed by atoms with E-state index < -0.39 is 6.30 Å². The van der Waals surface area contributed by atoms with Crippen molar-refractivity contribution in [2.45, 2.75) is 26.6 Å². The standard InChI is InChI=1S/C21H22FN7O/c1-3-15-18-8-17(26-29(18)10-13(2)24-15)16-9-21(30)28-11-14(4-5-20(28)25-16)27-7-6-23-19(22)12-27/h4-5,8-11,19,23H,3,6-7,12H2,1-2H3. The van der Waals surface area contributed by atoms with E-state index in [4.69, 9.17) is 0 Å². The topological polar surface area (TPSA) is 79.8 Å². The van der Waals surface area contributed by atoms with Crippen molar-refractivity contribution in [3.8, 4) is 11.4 Å². The van der Waals surface area contributed by atoms with Gasteiger partial charge >= 0.3 is 0 Å². The van der Waals surface area contributed by atoms with Gasteiger partial charge in [0.05, 0.1) is 41.0 Å². The largest absolute Gasteiger partial charge is 0.365 e. The number of alkyl halides is 1. The fourth-order valence-electron chi connectivity index (χ4n) is 3.92. The van der Waals surface area contributed by atoms with E-state index in [-0.39, 0.29) is 12.1 Å². The van der Waals surface area contributed by atoms with E-state index in [0.29, 0.717) is 30.1 Å². The summed E-state index contributed by atoms with van der Waals surface area (Å²) < 4.78 is 17.0. The maximum atomic E-state index is 13.7. The van der Waals surface area contributed by atoms with Crippen LogP contribution in [0, 0.1) is 6.92 Å². The molecule has 154 valence electrons. The van der Waals surface area contributed by atoms with Crippen LogP contribution in [-0.2, 0) is 6.42 Å². The van der Waals surface area contributed by atoms with Crippen molar-refractivity contribution in [1.82, 2.24) is 29.3 Å². The molecule has 0 amide bonds. The Kier molecular flexibility index (Phi) is 4.47. The number of nitrogens with one attached hydrogen (secondary N) is 1. The summed E-state index contributed by atoms with van der Waals surface area (Å²) in [6.45, 7) is 5.48. The van der Waals surface area contributed by atoms with E-state index in [0.717, 1.165) is 29.0 Å². The number of fused-ring (bicyclic) bond motifs is 2. The van der Waals surface area contributed by atoms with Crippen LogP contribution in [0.25, 0.3) is 22.6 Å². The molecule has 9 heteroatoms. The maximum Gasteiger partial charge on any atom is 0.258 e. The van der Waals surface area contributed by atoms with Crippen molar-refractivity contribution >= 4 is 16.9 Å². The number of hydrogen-bond donors (Lipinski definition) is 1. The Hall–Kier alpha value is -3.33. The minimum absolute atomic E-state index is 0.203. The van der Waals surface area contributed by atoms with Gasteiger partial charge in [-0.2, -0.15) is 5.10 Å². The number of anilines is 1. The van der Waals surface area contributed by atoms with Crippen molar-refractivity contribution in [2.75, 3.05) is 24.5 Å². The Morgan fingerprint density at radius 1 is 1.20 bits per heavy atom. The lowest BCUT2D eigenvalue weighted by Gasteiger charge is -2.31. The third-order valence-electron chi connectivity index (χ3n) is 5.39. The molecule has 0 aromatic carbocycles. The zero-order chi connectivity index (χ0) is 20.8. The molecule has 0 radical (unpaired) electrons. The molecule has 4 aromatic heterocycles. The van der Waals surface area contributed by atoms with Crippen LogP contribution in [0.2, 0.25) is 0 Å². The lowest BCUT2D eigenvalue weighted by Crippen LogP contribution is -2.48. The molecule has 30 heavy (non-hydrogen) atoms. The van der Waals surface area contributed by atoms with Gasteiger partial charge in [-0.05, 0) is 31.5 Å². The summed E-state index contributed by atoms with van der Waals surface area (Å²) in [5, 5.41) is 7.38. The number of piperazine rings is 1. The smallest absolute Gasteiger partial charge is 0.258 e. The predicted octanol–water partition coefficient (Wildman–Crippen LogP) is 1.98. The molecule has 1 saturated heterocycles. The molecule has 0 bridgehead atoms. The highest BCUT2D eigenvalue weighted by molar-refractivity contribution is 5.66. The van der Waals surface area contributed by atoms with Gasteiger partial charge in [-0.25, -0.2) is 13.9 Å². The molecule has 1 N–H and O–H groups in total. The van der Waals surface area contributed by atoms with Crippen LogP contribution in [0.4, 0.5) is 10.1 Å². The van der Waals surface area contributed by atoms with Crippen molar-refractivity contribution in [3.05, 3.63) is 58.4 Å². The molecular formula is C21H22FN7O. The van der Waals surface area contributed by atoms with Gasteiger partial charge in [0.25, 0.3) is 5.56 Å². The molecule has 0 spiro atoms. The van der Waals surface area contributed by atoms with Crippen molar-refractivity contribution < 1.29 is 4.39 Å². The Bertz CT molecular complexity index is 1310. The first kappa shape index (κ1) is 18.7. The Balaban J connectivity index is 1.57. The van der Waals surface area contributed by atoms with E-state index in [9.17, 15) is 9.18 Å². The van der Waals surface area contributed by atoms with Gasteiger partial charge in [-0.3, -0.25) is 19.5 Å². The summed E-state index contributed by atoms with van der Waals surface area (Å²) in [5.41, 5.74) is 5.01. The zero-order valence-electron chi connectivity index (χ0n) is 16.8. The molecule has 5 heterocycles. The number of halogens is 1. The lowest BCUT2D eigenvalue weighted by molar-refractivity contribution is 0.256. The minimum Gasteiger partial charge on any atom is -0.365 e. The molecule has 0 aliphatic carbocycles. The quantitative estimate of drug-likeness (QED) is 0.523. The third-order valence-corrected chi connectivity index (χ3v) is 5.39. The molecular weight excluding hydrogens is 385 g/mol. The molecule has 4 aromatic rings. The average Bonchev–Trinajstić information content (AvgIpc) is 3.17. The molecule has 8 nitrogen and oxygen atoms in total. The van der Waals surface area contributed by atoms with E-state index in [1.165, 1.54) is 10.5 Å². The molecule has 1 atom stereocenters. The predicted molar refractivity (Wildman–Crippen MR) is 113 cm³/mol. The third kappa shape index (κ3) is 3.21. The summed E-state index contributed by atoms with van der Waals surface area (Å²) in [7, 11) is 0. The van der Waals surface area contributed by atoms with Gasteiger partial charge in [0, 0.05) is 25.4 Å². The van der Waals surface area contributed by atoms with Gasteiger partial charge < -0.3 is 4.90 Å².